The summed E-state index contributed by atoms with van der Waals surface area (Å²) in [7, 11) is 0. The molecule has 0 atom stereocenters. The second kappa shape index (κ2) is 5.92. The molecular formula is C10H11FN4S2. The van der Waals surface area contributed by atoms with Crippen LogP contribution in [0.2, 0.25) is 0 Å². The van der Waals surface area contributed by atoms with Crippen molar-refractivity contribution in [3.05, 3.63) is 23.6 Å². The molecule has 90 valence electrons. The number of rotatable bonds is 5. The Bertz CT molecular complexity index is 475. The summed E-state index contributed by atoms with van der Waals surface area (Å²) in [5, 5.41) is 5.17. The molecule has 2 heterocycles. The van der Waals surface area contributed by atoms with Crippen LogP contribution < -0.4 is 5.32 Å². The van der Waals surface area contributed by atoms with Gasteiger partial charge in [-0.15, -0.1) is 11.3 Å². The summed E-state index contributed by atoms with van der Waals surface area (Å²) in [6, 6.07) is 0. The lowest BCUT2D eigenvalue weighted by Crippen LogP contribution is -2.05. The van der Waals surface area contributed by atoms with Gasteiger partial charge in [-0.25, -0.2) is 19.3 Å². The molecule has 0 radical (unpaired) electrons. The highest BCUT2D eigenvalue weighted by Crippen LogP contribution is 2.29. The maximum Gasteiger partial charge on any atom is 0.223 e. The summed E-state index contributed by atoms with van der Waals surface area (Å²) >= 11 is 2.66. The fourth-order valence-corrected chi connectivity index (χ4v) is 2.61. The minimum Gasteiger partial charge on any atom is -0.354 e. The molecule has 0 saturated heterocycles. The normalized spacial score (nSPS) is 10.5. The summed E-state index contributed by atoms with van der Waals surface area (Å²) in [5.41, 5.74) is 0. The fraction of sp³-hybridized carbons (Fsp3) is 0.300. The molecule has 17 heavy (non-hydrogen) atoms. The van der Waals surface area contributed by atoms with Crippen LogP contribution in [0.1, 0.15) is 13.3 Å². The van der Waals surface area contributed by atoms with Crippen molar-refractivity contribution < 1.29 is 4.39 Å². The average Bonchev–Trinajstić information content (AvgIpc) is 2.83. The van der Waals surface area contributed by atoms with Gasteiger partial charge in [-0.1, -0.05) is 6.92 Å². The van der Waals surface area contributed by atoms with Crippen molar-refractivity contribution in [2.24, 2.45) is 0 Å². The van der Waals surface area contributed by atoms with Gasteiger partial charge in [0.05, 0.1) is 6.20 Å². The summed E-state index contributed by atoms with van der Waals surface area (Å²) in [5.74, 6) is 0.0274. The Morgan fingerprint density at radius 3 is 3.06 bits per heavy atom. The van der Waals surface area contributed by atoms with Crippen LogP contribution in [0.5, 0.6) is 0 Å². The molecule has 0 aliphatic heterocycles. The number of hydrogen-bond donors (Lipinski definition) is 1. The van der Waals surface area contributed by atoms with Gasteiger partial charge < -0.3 is 5.32 Å². The van der Waals surface area contributed by atoms with E-state index in [9.17, 15) is 4.39 Å². The van der Waals surface area contributed by atoms with Gasteiger partial charge in [0.2, 0.25) is 5.95 Å². The van der Waals surface area contributed by atoms with Crippen LogP contribution in [-0.4, -0.2) is 21.5 Å². The molecule has 4 nitrogen and oxygen atoms in total. The molecule has 0 bridgehead atoms. The van der Waals surface area contributed by atoms with Crippen LogP contribution in [0, 0.1) is 5.82 Å². The van der Waals surface area contributed by atoms with Crippen LogP contribution >= 0.6 is 23.1 Å². The second-order valence-electron chi connectivity index (χ2n) is 3.17. The number of nitrogens with one attached hydrogen (secondary N) is 1. The number of aromatic nitrogens is 3. The van der Waals surface area contributed by atoms with Gasteiger partial charge in [0.15, 0.2) is 10.2 Å². The predicted molar refractivity (Wildman–Crippen MR) is 67.0 cm³/mol. The third kappa shape index (κ3) is 3.37. The molecule has 2 aromatic rings. The van der Waals surface area contributed by atoms with Gasteiger partial charge in [-0.05, 0) is 18.2 Å². The minimum atomic E-state index is -0.424. The van der Waals surface area contributed by atoms with E-state index >= 15 is 0 Å². The largest absolute Gasteiger partial charge is 0.354 e. The third-order valence-electron chi connectivity index (χ3n) is 1.84. The summed E-state index contributed by atoms with van der Waals surface area (Å²) in [6.07, 6.45) is 3.83. The van der Waals surface area contributed by atoms with Gasteiger partial charge >= 0.3 is 0 Å². The highest BCUT2D eigenvalue weighted by molar-refractivity contribution is 8.01. The second-order valence-corrected chi connectivity index (χ2v) is 5.30. The lowest BCUT2D eigenvalue weighted by molar-refractivity contribution is 0.579. The molecular weight excluding hydrogens is 259 g/mol. The maximum atomic E-state index is 13.5. The minimum absolute atomic E-state index is 0.300. The molecule has 0 aliphatic rings. The van der Waals surface area contributed by atoms with E-state index in [0.29, 0.717) is 11.0 Å². The number of anilines is 1. The Labute approximate surface area is 107 Å². The molecule has 0 fully saturated rings. The molecule has 0 spiro atoms. The molecule has 0 saturated carbocycles. The maximum absolute atomic E-state index is 13.5. The molecule has 1 N–H and O–H groups in total. The highest BCUT2D eigenvalue weighted by atomic mass is 32.2. The molecule has 2 rings (SSSR count). The van der Waals surface area contributed by atoms with E-state index in [-0.39, 0.29) is 0 Å². The van der Waals surface area contributed by atoms with E-state index in [1.54, 1.807) is 6.20 Å². The zero-order chi connectivity index (χ0) is 12.1. The Kier molecular flexibility index (Phi) is 4.27. The standard InChI is InChI=1S/C10H11FN4S2/c1-2-3-12-9-14-6-7(11)8(15-9)17-10-13-4-5-16-10/h4-6H,2-3H2,1H3,(H,12,14,15). The smallest absolute Gasteiger partial charge is 0.223 e. The summed E-state index contributed by atoms with van der Waals surface area (Å²) in [6.45, 7) is 2.81. The van der Waals surface area contributed by atoms with Crippen molar-refractivity contribution in [3.63, 3.8) is 0 Å². The SMILES string of the molecule is CCCNc1ncc(F)c(Sc2nccs2)n1. The van der Waals surface area contributed by atoms with E-state index in [2.05, 4.69) is 20.3 Å². The first kappa shape index (κ1) is 12.3. The van der Waals surface area contributed by atoms with Crippen molar-refractivity contribution in [1.82, 2.24) is 15.0 Å². The van der Waals surface area contributed by atoms with Gasteiger partial charge in [-0.3, -0.25) is 0 Å². The molecule has 0 amide bonds. The van der Waals surface area contributed by atoms with Gasteiger partial charge in [0.1, 0.15) is 5.03 Å². The van der Waals surface area contributed by atoms with Crippen LogP contribution in [-0.2, 0) is 0 Å². The van der Waals surface area contributed by atoms with Crippen molar-refractivity contribution in [2.75, 3.05) is 11.9 Å². The number of halogens is 1. The zero-order valence-electron chi connectivity index (χ0n) is 9.18. The van der Waals surface area contributed by atoms with Gasteiger partial charge in [0, 0.05) is 18.1 Å². The van der Waals surface area contributed by atoms with E-state index in [1.165, 1.54) is 29.3 Å². The molecule has 2 aromatic heterocycles. The number of hydrogen-bond acceptors (Lipinski definition) is 6. The lowest BCUT2D eigenvalue weighted by Gasteiger charge is -2.04. The first-order chi connectivity index (χ1) is 8.29. The Balaban J connectivity index is 2.14. The fourth-order valence-electron chi connectivity index (χ4n) is 1.09. The lowest BCUT2D eigenvalue weighted by atomic mass is 10.5. The van der Waals surface area contributed by atoms with Crippen molar-refractivity contribution in [1.29, 1.82) is 0 Å². The summed E-state index contributed by atoms with van der Waals surface area (Å²) < 4.78 is 14.3. The van der Waals surface area contributed by atoms with E-state index < -0.39 is 5.82 Å². The monoisotopic (exact) mass is 270 g/mol. The zero-order valence-corrected chi connectivity index (χ0v) is 10.8. The quantitative estimate of drug-likeness (QED) is 0.846. The Morgan fingerprint density at radius 1 is 1.47 bits per heavy atom. The highest BCUT2D eigenvalue weighted by Gasteiger charge is 2.09. The van der Waals surface area contributed by atoms with Gasteiger partial charge in [-0.2, -0.15) is 0 Å². The van der Waals surface area contributed by atoms with E-state index in [0.717, 1.165) is 17.3 Å². The average molecular weight is 270 g/mol. The van der Waals surface area contributed by atoms with E-state index in [4.69, 9.17) is 0 Å². The predicted octanol–water partition coefficient (Wildman–Crippen LogP) is 3.05. The number of nitrogens with zero attached hydrogens (tertiary/aromatic N) is 3. The van der Waals surface area contributed by atoms with Gasteiger partial charge in [0.25, 0.3) is 0 Å². The first-order valence-electron chi connectivity index (χ1n) is 5.13. The topological polar surface area (TPSA) is 50.7 Å². The molecule has 7 heteroatoms. The number of thiazole rings is 1. The summed E-state index contributed by atoms with van der Waals surface area (Å²) in [4.78, 5) is 12.1. The van der Waals surface area contributed by atoms with Crippen molar-refractivity contribution in [3.8, 4) is 0 Å². The Hall–Kier alpha value is -1.21. The molecule has 0 aromatic carbocycles. The van der Waals surface area contributed by atoms with Crippen LogP contribution in [0.4, 0.5) is 10.3 Å². The van der Waals surface area contributed by atoms with Crippen LogP contribution in [0.25, 0.3) is 0 Å². The van der Waals surface area contributed by atoms with E-state index in [1.807, 2.05) is 12.3 Å². The van der Waals surface area contributed by atoms with Crippen molar-refractivity contribution >= 4 is 29.0 Å². The first-order valence-corrected chi connectivity index (χ1v) is 6.83. The Morgan fingerprint density at radius 2 is 2.35 bits per heavy atom. The van der Waals surface area contributed by atoms with Crippen LogP contribution in [0.15, 0.2) is 27.1 Å². The molecule has 0 unspecified atom stereocenters. The molecule has 0 aliphatic carbocycles. The van der Waals surface area contributed by atoms with Crippen LogP contribution in [0.3, 0.4) is 0 Å². The third-order valence-corrected chi connectivity index (χ3v) is 3.70. The van der Waals surface area contributed by atoms with Crippen molar-refractivity contribution in [2.45, 2.75) is 22.7 Å².